The van der Waals surface area contributed by atoms with Crippen molar-refractivity contribution < 1.29 is 9.53 Å². The number of rotatable bonds is 7. The second-order valence-corrected chi connectivity index (χ2v) is 5.58. The summed E-state index contributed by atoms with van der Waals surface area (Å²) in [5.41, 5.74) is 3.56. The molecule has 0 atom stereocenters. The summed E-state index contributed by atoms with van der Waals surface area (Å²) in [5.74, 6) is 0.252. The molecule has 122 valence electrons. The highest BCUT2D eigenvalue weighted by Gasteiger charge is 2.09. The Morgan fingerprint density at radius 2 is 2.04 bits per heavy atom. The Labute approximate surface area is 137 Å². The molecule has 0 spiro atoms. The molecule has 1 amide bonds. The van der Waals surface area contributed by atoms with Gasteiger partial charge in [0.15, 0.2) is 0 Å². The van der Waals surface area contributed by atoms with Crippen molar-refractivity contribution in [1.29, 1.82) is 0 Å². The summed E-state index contributed by atoms with van der Waals surface area (Å²) in [7, 11) is 1.60. The van der Waals surface area contributed by atoms with Crippen molar-refractivity contribution in [2.45, 2.75) is 19.8 Å². The van der Waals surface area contributed by atoms with Crippen molar-refractivity contribution in [2.75, 3.05) is 25.6 Å². The van der Waals surface area contributed by atoms with E-state index in [1.54, 1.807) is 25.6 Å². The fourth-order valence-electron chi connectivity index (χ4n) is 2.27. The Hall–Kier alpha value is -2.40. The Morgan fingerprint density at radius 3 is 2.78 bits per heavy atom. The Balaban J connectivity index is 2.13. The van der Waals surface area contributed by atoms with Crippen LogP contribution in [0, 0.1) is 0 Å². The summed E-state index contributed by atoms with van der Waals surface area (Å²) in [5, 5.41) is 6.14. The monoisotopic (exact) mass is 313 g/mol. The van der Waals surface area contributed by atoms with Gasteiger partial charge in [0.05, 0.1) is 24.1 Å². The van der Waals surface area contributed by atoms with Gasteiger partial charge in [-0.3, -0.25) is 9.78 Å². The summed E-state index contributed by atoms with van der Waals surface area (Å²) >= 11 is 0. The number of methoxy groups -OCH3 is 1. The van der Waals surface area contributed by atoms with E-state index in [0.29, 0.717) is 24.6 Å². The Morgan fingerprint density at radius 1 is 1.26 bits per heavy atom. The Bertz CT molecular complexity index is 656. The summed E-state index contributed by atoms with van der Waals surface area (Å²) in [6, 6.07) is 9.94. The number of nitrogens with zero attached hydrogens (tertiary/aromatic N) is 1. The smallest absolute Gasteiger partial charge is 0.253 e. The maximum absolute atomic E-state index is 12.1. The molecule has 2 rings (SSSR count). The van der Waals surface area contributed by atoms with Gasteiger partial charge in [0.1, 0.15) is 0 Å². The lowest BCUT2D eigenvalue weighted by molar-refractivity contribution is 0.0937. The number of ether oxygens (including phenoxy) is 1. The highest BCUT2D eigenvalue weighted by atomic mass is 16.5. The molecular formula is C18H23N3O2. The van der Waals surface area contributed by atoms with Crippen LogP contribution in [0.2, 0.25) is 0 Å². The zero-order valence-corrected chi connectivity index (χ0v) is 13.8. The number of hydrogen-bond acceptors (Lipinski definition) is 4. The summed E-state index contributed by atoms with van der Waals surface area (Å²) in [6.07, 6.45) is 3.27. The zero-order valence-electron chi connectivity index (χ0n) is 13.8. The van der Waals surface area contributed by atoms with E-state index < -0.39 is 0 Å². The minimum absolute atomic E-state index is 0.157. The molecule has 2 aromatic rings. The van der Waals surface area contributed by atoms with Crippen LogP contribution in [0.3, 0.4) is 0 Å². The fraction of sp³-hybridized carbons (Fsp3) is 0.333. The van der Waals surface area contributed by atoms with Gasteiger partial charge in [0.25, 0.3) is 5.91 Å². The number of benzene rings is 1. The maximum Gasteiger partial charge on any atom is 0.253 e. The van der Waals surface area contributed by atoms with E-state index in [-0.39, 0.29) is 5.91 Å². The van der Waals surface area contributed by atoms with Crippen LogP contribution in [0.5, 0.6) is 0 Å². The molecule has 0 bridgehead atoms. The first-order chi connectivity index (χ1) is 11.1. The van der Waals surface area contributed by atoms with Crippen LogP contribution in [0.15, 0.2) is 42.7 Å². The van der Waals surface area contributed by atoms with E-state index >= 15 is 0 Å². The molecule has 1 aromatic heterocycles. The second kappa shape index (κ2) is 8.29. The van der Waals surface area contributed by atoms with E-state index in [0.717, 1.165) is 11.4 Å². The number of carbonyl (C=O) groups excluding carboxylic acids is 1. The highest BCUT2D eigenvalue weighted by Crippen LogP contribution is 2.26. The molecule has 2 N–H and O–H groups in total. The number of amides is 1. The van der Waals surface area contributed by atoms with E-state index in [1.807, 2.05) is 18.2 Å². The fourth-order valence-corrected chi connectivity index (χ4v) is 2.27. The van der Waals surface area contributed by atoms with E-state index in [2.05, 4.69) is 35.5 Å². The third-order valence-electron chi connectivity index (χ3n) is 3.45. The minimum Gasteiger partial charge on any atom is -0.383 e. The van der Waals surface area contributed by atoms with Gasteiger partial charge in [-0.1, -0.05) is 32.0 Å². The first-order valence-electron chi connectivity index (χ1n) is 7.70. The molecule has 0 fully saturated rings. The number of anilines is 2. The Kier molecular flexibility index (Phi) is 6.11. The van der Waals surface area contributed by atoms with Crippen LogP contribution in [0.4, 0.5) is 11.4 Å². The lowest BCUT2D eigenvalue weighted by Gasteiger charge is -2.14. The van der Waals surface area contributed by atoms with E-state index in [4.69, 9.17) is 4.74 Å². The third-order valence-corrected chi connectivity index (χ3v) is 3.45. The molecule has 0 aliphatic carbocycles. The normalized spacial score (nSPS) is 10.6. The summed E-state index contributed by atoms with van der Waals surface area (Å²) in [6.45, 7) is 5.26. The minimum atomic E-state index is -0.157. The number of pyridine rings is 1. The predicted octanol–water partition coefficient (Wildman–Crippen LogP) is 3.32. The van der Waals surface area contributed by atoms with Crippen molar-refractivity contribution in [3.8, 4) is 0 Å². The van der Waals surface area contributed by atoms with Crippen LogP contribution >= 0.6 is 0 Å². The third kappa shape index (κ3) is 4.79. The molecule has 0 saturated heterocycles. The first kappa shape index (κ1) is 17.0. The number of nitrogens with one attached hydrogen (secondary N) is 2. The van der Waals surface area contributed by atoms with Gasteiger partial charge < -0.3 is 15.4 Å². The molecule has 0 aliphatic heterocycles. The standard InChI is InChI=1S/C18H23N3O2/c1-13(2)16-6-4-5-7-17(16)21-15-10-14(11-19-12-15)18(22)20-8-9-23-3/h4-7,10-13,21H,8-9H2,1-3H3,(H,20,22). The van der Waals surface area contributed by atoms with Crippen molar-refractivity contribution in [1.82, 2.24) is 10.3 Å². The molecule has 0 saturated carbocycles. The van der Waals surface area contributed by atoms with Gasteiger partial charge in [-0.25, -0.2) is 0 Å². The summed E-state index contributed by atoms with van der Waals surface area (Å²) < 4.78 is 4.92. The van der Waals surface area contributed by atoms with Gasteiger partial charge in [-0.05, 0) is 23.6 Å². The topological polar surface area (TPSA) is 63.2 Å². The number of aromatic nitrogens is 1. The molecule has 5 nitrogen and oxygen atoms in total. The molecule has 0 radical (unpaired) electrons. The molecule has 1 aromatic carbocycles. The molecular weight excluding hydrogens is 290 g/mol. The van der Waals surface area contributed by atoms with Crippen LogP contribution in [0.1, 0.15) is 35.7 Å². The van der Waals surface area contributed by atoms with Crippen molar-refractivity contribution in [2.24, 2.45) is 0 Å². The molecule has 5 heteroatoms. The first-order valence-corrected chi connectivity index (χ1v) is 7.70. The second-order valence-electron chi connectivity index (χ2n) is 5.58. The van der Waals surface area contributed by atoms with E-state index in [1.165, 1.54) is 5.56 Å². The number of para-hydroxylation sites is 1. The average Bonchev–Trinajstić information content (AvgIpc) is 2.55. The van der Waals surface area contributed by atoms with Crippen LogP contribution in [0.25, 0.3) is 0 Å². The van der Waals surface area contributed by atoms with Crippen LogP contribution < -0.4 is 10.6 Å². The molecule has 1 heterocycles. The quantitative estimate of drug-likeness (QED) is 0.770. The average molecular weight is 313 g/mol. The number of carbonyl (C=O) groups is 1. The lowest BCUT2D eigenvalue weighted by Crippen LogP contribution is -2.27. The maximum atomic E-state index is 12.1. The van der Waals surface area contributed by atoms with E-state index in [9.17, 15) is 4.79 Å². The SMILES string of the molecule is COCCNC(=O)c1cncc(Nc2ccccc2C(C)C)c1. The molecule has 23 heavy (non-hydrogen) atoms. The van der Waals surface area contributed by atoms with Crippen LogP contribution in [-0.4, -0.2) is 31.2 Å². The van der Waals surface area contributed by atoms with Gasteiger partial charge in [0, 0.05) is 25.5 Å². The highest BCUT2D eigenvalue weighted by molar-refractivity contribution is 5.94. The van der Waals surface area contributed by atoms with Crippen molar-refractivity contribution >= 4 is 17.3 Å². The largest absolute Gasteiger partial charge is 0.383 e. The molecule has 0 aliphatic rings. The number of hydrogen-bond donors (Lipinski definition) is 2. The van der Waals surface area contributed by atoms with Gasteiger partial charge in [-0.15, -0.1) is 0 Å². The van der Waals surface area contributed by atoms with Crippen LogP contribution in [-0.2, 0) is 4.74 Å². The van der Waals surface area contributed by atoms with Gasteiger partial charge in [0.2, 0.25) is 0 Å². The van der Waals surface area contributed by atoms with Gasteiger partial charge >= 0.3 is 0 Å². The van der Waals surface area contributed by atoms with Gasteiger partial charge in [-0.2, -0.15) is 0 Å². The summed E-state index contributed by atoms with van der Waals surface area (Å²) in [4.78, 5) is 16.2. The lowest BCUT2D eigenvalue weighted by atomic mass is 10.0. The molecule has 0 unspecified atom stereocenters. The zero-order chi connectivity index (χ0) is 16.7. The van der Waals surface area contributed by atoms with Crippen molar-refractivity contribution in [3.63, 3.8) is 0 Å². The predicted molar refractivity (Wildman–Crippen MR) is 92.3 cm³/mol. The van der Waals surface area contributed by atoms with Crippen molar-refractivity contribution in [3.05, 3.63) is 53.9 Å².